The first-order valence-electron chi connectivity index (χ1n) is 6.15. The Morgan fingerprint density at radius 3 is 2.50 bits per heavy atom. The molecule has 0 spiro atoms. The molecule has 0 aliphatic rings. The van der Waals surface area contributed by atoms with Crippen molar-refractivity contribution in [1.29, 1.82) is 0 Å². The Morgan fingerprint density at radius 1 is 1.25 bits per heavy atom. The van der Waals surface area contributed by atoms with Crippen LogP contribution in [0.4, 0.5) is 4.39 Å². The van der Waals surface area contributed by atoms with Crippen molar-refractivity contribution < 1.29 is 19.1 Å². The summed E-state index contributed by atoms with van der Waals surface area (Å²) in [5.74, 6) is -0.919. The fourth-order valence-corrected chi connectivity index (χ4v) is 1.71. The van der Waals surface area contributed by atoms with Crippen LogP contribution < -0.4 is 10.2 Å². The van der Waals surface area contributed by atoms with Gasteiger partial charge in [-0.15, -0.1) is 0 Å². The van der Waals surface area contributed by atoms with Gasteiger partial charge in [-0.2, -0.15) is 0 Å². The molecule has 0 atom stereocenters. The molecule has 0 heterocycles. The predicted molar refractivity (Wildman–Crippen MR) is 71.5 cm³/mol. The van der Waals surface area contributed by atoms with Crippen molar-refractivity contribution in [3.05, 3.63) is 59.4 Å². The monoisotopic (exact) mass is 275 g/mol. The quantitative estimate of drug-likeness (QED) is 0.665. The highest BCUT2D eigenvalue weighted by Crippen LogP contribution is 2.25. The molecule has 0 unspecified atom stereocenters. The lowest BCUT2D eigenvalue weighted by atomic mass is 10.1. The number of aryl methyl sites for hydroxylation is 1. The Balaban J connectivity index is 2.18. The minimum atomic E-state index is -0.775. The number of hydrogen-bond acceptors (Lipinski definition) is 3. The van der Waals surface area contributed by atoms with Crippen LogP contribution in [-0.4, -0.2) is 11.1 Å². The van der Waals surface area contributed by atoms with Crippen molar-refractivity contribution >= 4 is 5.91 Å². The number of carbonyl (C=O) groups is 1. The Bertz CT molecular complexity index is 611. The average Bonchev–Trinajstić information content (AvgIpc) is 2.49. The fraction of sp³-hybridized carbons (Fsp3) is 0.133. The van der Waals surface area contributed by atoms with Gasteiger partial charge in [-0.05, 0) is 42.3 Å². The van der Waals surface area contributed by atoms with E-state index < -0.39 is 11.7 Å². The molecule has 2 rings (SSSR count). The molecular weight excluding hydrogens is 261 g/mol. The Kier molecular flexibility index (Phi) is 4.32. The Labute approximate surface area is 115 Å². The second-order valence-electron chi connectivity index (χ2n) is 4.19. The second-order valence-corrected chi connectivity index (χ2v) is 4.19. The molecule has 5 heteroatoms. The fourth-order valence-electron chi connectivity index (χ4n) is 1.71. The first-order valence-corrected chi connectivity index (χ1v) is 6.15. The van der Waals surface area contributed by atoms with E-state index in [9.17, 15) is 9.18 Å². The van der Waals surface area contributed by atoms with Crippen molar-refractivity contribution in [2.45, 2.75) is 13.3 Å². The van der Waals surface area contributed by atoms with E-state index in [-0.39, 0.29) is 11.3 Å². The topological polar surface area (TPSA) is 58.6 Å². The van der Waals surface area contributed by atoms with E-state index in [2.05, 4.69) is 0 Å². The van der Waals surface area contributed by atoms with Gasteiger partial charge in [0.15, 0.2) is 11.6 Å². The van der Waals surface area contributed by atoms with Gasteiger partial charge in [0.2, 0.25) is 0 Å². The summed E-state index contributed by atoms with van der Waals surface area (Å²) in [6.45, 7) is 2.04. The summed E-state index contributed by atoms with van der Waals surface area (Å²) in [6, 6.07) is 11.0. The minimum absolute atomic E-state index is 0.0127. The third kappa shape index (κ3) is 3.13. The third-order valence-electron chi connectivity index (χ3n) is 2.86. The van der Waals surface area contributed by atoms with Crippen LogP contribution in [0.1, 0.15) is 22.8 Å². The van der Waals surface area contributed by atoms with Gasteiger partial charge >= 0.3 is 0 Å². The number of hydroxylamine groups is 1. The zero-order valence-corrected chi connectivity index (χ0v) is 10.9. The molecule has 4 nitrogen and oxygen atoms in total. The van der Waals surface area contributed by atoms with Gasteiger partial charge in [0.1, 0.15) is 5.75 Å². The number of hydrogen-bond donors (Lipinski definition) is 2. The molecular formula is C15H14FNO3. The molecule has 0 aliphatic heterocycles. The summed E-state index contributed by atoms with van der Waals surface area (Å²) in [6.07, 6.45) is 0.916. The first-order chi connectivity index (χ1) is 9.63. The number of carbonyl (C=O) groups excluding carboxylic acids is 1. The number of ether oxygens (including phenoxy) is 1. The summed E-state index contributed by atoms with van der Waals surface area (Å²) in [5, 5.41) is 8.48. The van der Waals surface area contributed by atoms with E-state index in [1.165, 1.54) is 17.6 Å². The van der Waals surface area contributed by atoms with Gasteiger partial charge in [-0.3, -0.25) is 10.0 Å². The van der Waals surface area contributed by atoms with Gasteiger partial charge in [0.25, 0.3) is 5.91 Å². The molecule has 2 aromatic rings. The number of nitrogens with one attached hydrogen (secondary N) is 1. The summed E-state index contributed by atoms with van der Waals surface area (Å²) in [7, 11) is 0. The van der Waals surface area contributed by atoms with E-state index in [4.69, 9.17) is 9.94 Å². The van der Waals surface area contributed by atoms with Crippen LogP contribution in [0.15, 0.2) is 42.5 Å². The molecule has 0 saturated carbocycles. The normalized spacial score (nSPS) is 10.2. The number of benzene rings is 2. The van der Waals surface area contributed by atoms with Crippen molar-refractivity contribution in [1.82, 2.24) is 5.48 Å². The summed E-state index contributed by atoms with van der Waals surface area (Å²) in [4.78, 5) is 11.1. The van der Waals surface area contributed by atoms with Gasteiger partial charge < -0.3 is 4.74 Å². The zero-order chi connectivity index (χ0) is 14.5. The van der Waals surface area contributed by atoms with Crippen LogP contribution in [0, 0.1) is 5.82 Å². The largest absolute Gasteiger partial charge is 0.454 e. The van der Waals surface area contributed by atoms with Crippen LogP contribution in [0.5, 0.6) is 11.5 Å². The van der Waals surface area contributed by atoms with Gasteiger partial charge in [0.05, 0.1) is 0 Å². The lowest BCUT2D eigenvalue weighted by Crippen LogP contribution is -2.18. The summed E-state index contributed by atoms with van der Waals surface area (Å²) in [5.41, 5.74) is 2.62. The molecule has 0 radical (unpaired) electrons. The second kappa shape index (κ2) is 6.16. The number of halogens is 1. The van der Waals surface area contributed by atoms with Crippen molar-refractivity contribution in [2.75, 3.05) is 0 Å². The lowest BCUT2D eigenvalue weighted by Gasteiger charge is -2.08. The predicted octanol–water partition coefficient (Wildman–Crippen LogP) is 3.30. The highest BCUT2D eigenvalue weighted by atomic mass is 19.1. The molecule has 2 N–H and O–H groups in total. The van der Waals surface area contributed by atoms with Crippen molar-refractivity contribution in [3.63, 3.8) is 0 Å². The van der Waals surface area contributed by atoms with E-state index in [0.29, 0.717) is 5.75 Å². The lowest BCUT2D eigenvalue weighted by molar-refractivity contribution is 0.0706. The summed E-state index contributed by atoms with van der Waals surface area (Å²) < 4.78 is 19.2. The molecule has 0 saturated heterocycles. The Morgan fingerprint density at radius 2 is 1.95 bits per heavy atom. The molecule has 0 aromatic heterocycles. The third-order valence-corrected chi connectivity index (χ3v) is 2.86. The van der Waals surface area contributed by atoms with Gasteiger partial charge in [-0.1, -0.05) is 19.1 Å². The minimum Gasteiger partial charge on any atom is -0.454 e. The highest BCUT2D eigenvalue weighted by molar-refractivity contribution is 5.93. The van der Waals surface area contributed by atoms with Crippen molar-refractivity contribution in [2.24, 2.45) is 0 Å². The summed E-state index contributed by atoms with van der Waals surface area (Å²) >= 11 is 0. The van der Waals surface area contributed by atoms with Crippen molar-refractivity contribution in [3.8, 4) is 11.5 Å². The highest BCUT2D eigenvalue weighted by Gasteiger charge is 2.10. The molecule has 0 bridgehead atoms. The Hall–Kier alpha value is -2.40. The van der Waals surface area contributed by atoms with Crippen LogP contribution in [0.3, 0.4) is 0 Å². The van der Waals surface area contributed by atoms with E-state index in [1.807, 2.05) is 19.1 Å². The van der Waals surface area contributed by atoms with Crippen LogP contribution in [0.2, 0.25) is 0 Å². The molecule has 0 fully saturated rings. The van der Waals surface area contributed by atoms with Crippen LogP contribution >= 0.6 is 0 Å². The van der Waals surface area contributed by atoms with Gasteiger partial charge in [0, 0.05) is 5.56 Å². The molecule has 2 aromatic carbocycles. The maximum absolute atomic E-state index is 13.8. The molecule has 20 heavy (non-hydrogen) atoms. The zero-order valence-electron chi connectivity index (χ0n) is 10.9. The molecule has 1 amide bonds. The SMILES string of the molecule is CCc1ccc(Oc2ccc(C(=O)NO)cc2F)cc1. The van der Waals surface area contributed by atoms with Crippen LogP contribution in [-0.2, 0) is 6.42 Å². The average molecular weight is 275 g/mol. The standard InChI is InChI=1S/C15H14FNO3/c1-2-10-3-6-12(7-4-10)20-14-8-5-11(9-13(14)16)15(18)17-19/h3-9,19H,2H2,1H3,(H,17,18). The smallest absolute Gasteiger partial charge is 0.274 e. The molecule has 104 valence electrons. The first kappa shape index (κ1) is 14.0. The van der Waals surface area contributed by atoms with E-state index in [0.717, 1.165) is 18.1 Å². The van der Waals surface area contributed by atoms with Crippen LogP contribution in [0.25, 0.3) is 0 Å². The molecule has 0 aliphatic carbocycles. The number of amides is 1. The van der Waals surface area contributed by atoms with E-state index in [1.54, 1.807) is 12.1 Å². The van der Waals surface area contributed by atoms with E-state index >= 15 is 0 Å². The maximum atomic E-state index is 13.8. The number of rotatable bonds is 4. The maximum Gasteiger partial charge on any atom is 0.274 e. The van der Waals surface area contributed by atoms with Gasteiger partial charge in [-0.25, -0.2) is 9.87 Å².